The van der Waals surface area contributed by atoms with E-state index in [1.54, 1.807) is 6.07 Å². The largest absolute Gasteiger partial charge is 0.452 e. The fraction of sp³-hybridized carbons (Fsp3) is 0.133. The molecule has 0 saturated heterocycles. The first-order chi connectivity index (χ1) is 10.5. The topological polar surface area (TPSA) is 68.3 Å². The smallest absolute Gasteiger partial charge is 0.340 e. The number of nitrogens with one attached hydrogen (secondary N) is 1. The number of carbonyl (C=O) groups excluding carboxylic acids is 2. The number of anilines is 1. The standard InChI is InChI=1S/C15H12Cl2N2O3/c1-9-3-2-4-11(5-9)19-13(20)8-22-15(21)10-6-12(16)14(17)18-7-10/h2-7H,8H2,1H3,(H,19,20). The molecule has 0 spiro atoms. The van der Waals surface area contributed by atoms with Gasteiger partial charge in [0.2, 0.25) is 0 Å². The molecule has 2 rings (SSSR count). The maximum atomic E-state index is 11.8. The Hall–Kier alpha value is -2.11. The van der Waals surface area contributed by atoms with Gasteiger partial charge in [-0.1, -0.05) is 35.3 Å². The highest BCUT2D eigenvalue weighted by Crippen LogP contribution is 2.20. The number of pyridine rings is 1. The van der Waals surface area contributed by atoms with Gasteiger partial charge < -0.3 is 10.1 Å². The number of esters is 1. The molecule has 0 aliphatic rings. The number of ether oxygens (including phenoxy) is 1. The molecule has 22 heavy (non-hydrogen) atoms. The van der Waals surface area contributed by atoms with E-state index in [4.69, 9.17) is 27.9 Å². The minimum absolute atomic E-state index is 0.0930. The van der Waals surface area contributed by atoms with E-state index in [2.05, 4.69) is 10.3 Å². The number of hydrogen-bond acceptors (Lipinski definition) is 4. The number of carbonyl (C=O) groups is 2. The number of rotatable bonds is 4. The van der Waals surface area contributed by atoms with E-state index in [9.17, 15) is 9.59 Å². The Balaban J connectivity index is 1.90. The summed E-state index contributed by atoms with van der Waals surface area (Å²) >= 11 is 11.4. The SMILES string of the molecule is Cc1cccc(NC(=O)COC(=O)c2cnc(Cl)c(Cl)c2)c1. The average molecular weight is 339 g/mol. The van der Waals surface area contributed by atoms with Crippen molar-refractivity contribution in [2.75, 3.05) is 11.9 Å². The predicted molar refractivity (Wildman–Crippen MR) is 84.3 cm³/mol. The van der Waals surface area contributed by atoms with E-state index >= 15 is 0 Å². The number of benzene rings is 1. The van der Waals surface area contributed by atoms with E-state index in [0.717, 1.165) is 5.56 Å². The molecule has 1 heterocycles. The van der Waals surface area contributed by atoms with Crippen LogP contribution in [0.5, 0.6) is 0 Å². The zero-order valence-corrected chi connectivity index (χ0v) is 13.1. The van der Waals surface area contributed by atoms with Crippen molar-refractivity contribution in [1.29, 1.82) is 0 Å². The van der Waals surface area contributed by atoms with Crippen LogP contribution in [-0.2, 0) is 9.53 Å². The molecule has 1 aromatic carbocycles. The van der Waals surface area contributed by atoms with Crippen molar-refractivity contribution in [3.05, 3.63) is 57.8 Å². The number of nitrogens with zero attached hydrogens (tertiary/aromatic N) is 1. The summed E-state index contributed by atoms with van der Waals surface area (Å²) in [6, 6.07) is 8.61. The van der Waals surface area contributed by atoms with E-state index in [1.165, 1.54) is 12.3 Å². The van der Waals surface area contributed by atoms with Gasteiger partial charge in [0.1, 0.15) is 5.15 Å². The van der Waals surface area contributed by atoms with Gasteiger partial charge in [-0.2, -0.15) is 0 Å². The summed E-state index contributed by atoms with van der Waals surface area (Å²) in [5.74, 6) is -1.14. The van der Waals surface area contributed by atoms with Crippen LogP contribution in [0.2, 0.25) is 10.2 Å². The zero-order valence-electron chi connectivity index (χ0n) is 11.6. The van der Waals surface area contributed by atoms with Crippen molar-refractivity contribution in [3.63, 3.8) is 0 Å². The number of aromatic nitrogens is 1. The molecule has 0 unspecified atom stereocenters. The number of hydrogen-bond donors (Lipinski definition) is 1. The Bertz CT molecular complexity index is 720. The molecule has 0 aliphatic carbocycles. The molecule has 1 amide bonds. The molecule has 1 N–H and O–H groups in total. The van der Waals surface area contributed by atoms with Crippen LogP contribution >= 0.6 is 23.2 Å². The van der Waals surface area contributed by atoms with Gasteiger partial charge in [-0.3, -0.25) is 4.79 Å². The summed E-state index contributed by atoms with van der Waals surface area (Å²) in [6.45, 7) is 1.50. The number of aryl methyl sites for hydroxylation is 1. The minimum atomic E-state index is -0.703. The number of amides is 1. The minimum Gasteiger partial charge on any atom is -0.452 e. The summed E-state index contributed by atoms with van der Waals surface area (Å²) in [4.78, 5) is 27.2. The molecule has 0 atom stereocenters. The van der Waals surface area contributed by atoms with Crippen LogP contribution < -0.4 is 5.32 Å². The predicted octanol–water partition coefficient (Wildman–Crippen LogP) is 3.49. The van der Waals surface area contributed by atoms with Crippen LogP contribution in [0.3, 0.4) is 0 Å². The van der Waals surface area contributed by atoms with Crippen LogP contribution in [0.4, 0.5) is 5.69 Å². The van der Waals surface area contributed by atoms with Crippen LogP contribution in [0.25, 0.3) is 0 Å². The maximum Gasteiger partial charge on any atom is 0.340 e. The third kappa shape index (κ3) is 4.44. The Morgan fingerprint density at radius 1 is 1.27 bits per heavy atom. The van der Waals surface area contributed by atoms with Crippen LogP contribution in [0, 0.1) is 6.92 Å². The normalized spacial score (nSPS) is 10.1. The lowest BCUT2D eigenvalue weighted by Crippen LogP contribution is -2.21. The Morgan fingerprint density at radius 2 is 2.05 bits per heavy atom. The van der Waals surface area contributed by atoms with Crippen LogP contribution in [0.1, 0.15) is 15.9 Å². The van der Waals surface area contributed by atoms with E-state index in [-0.39, 0.29) is 15.7 Å². The molecule has 7 heteroatoms. The highest BCUT2D eigenvalue weighted by atomic mass is 35.5. The second-order valence-electron chi connectivity index (χ2n) is 4.49. The molecule has 1 aromatic heterocycles. The third-order valence-electron chi connectivity index (χ3n) is 2.67. The van der Waals surface area contributed by atoms with E-state index < -0.39 is 18.5 Å². The summed E-state index contributed by atoms with van der Waals surface area (Å²) in [6.07, 6.45) is 1.23. The van der Waals surface area contributed by atoms with Gasteiger partial charge in [-0.15, -0.1) is 0 Å². The highest BCUT2D eigenvalue weighted by molar-refractivity contribution is 6.41. The molecular weight excluding hydrogens is 327 g/mol. The first kappa shape index (κ1) is 16.3. The van der Waals surface area contributed by atoms with Crippen molar-refractivity contribution in [2.24, 2.45) is 0 Å². The van der Waals surface area contributed by atoms with E-state index in [1.807, 2.05) is 25.1 Å². The van der Waals surface area contributed by atoms with Gasteiger partial charge in [0.05, 0.1) is 10.6 Å². The molecule has 0 fully saturated rings. The monoisotopic (exact) mass is 338 g/mol. The lowest BCUT2D eigenvalue weighted by Gasteiger charge is -2.07. The van der Waals surface area contributed by atoms with Crippen LogP contribution in [0.15, 0.2) is 36.5 Å². The molecule has 2 aromatic rings. The van der Waals surface area contributed by atoms with Crippen molar-refractivity contribution in [2.45, 2.75) is 6.92 Å². The quantitative estimate of drug-likeness (QED) is 0.684. The van der Waals surface area contributed by atoms with Crippen molar-refractivity contribution < 1.29 is 14.3 Å². The first-order valence-corrected chi connectivity index (χ1v) is 7.06. The van der Waals surface area contributed by atoms with Gasteiger partial charge >= 0.3 is 5.97 Å². The maximum absolute atomic E-state index is 11.8. The molecule has 0 saturated carbocycles. The number of halogens is 2. The van der Waals surface area contributed by atoms with Gasteiger partial charge in [-0.05, 0) is 30.7 Å². The fourth-order valence-corrected chi connectivity index (χ4v) is 1.94. The average Bonchev–Trinajstić information content (AvgIpc) is 2.47. The van der Waals surface area contributed by atoms with Gasteiger partial charge in [-0.25, -0.2) is 9.78 Å². The third-order valence-corrected chi connectivity index (χ3v) is 3.35. The second kappa shape index (κ2) is 7.24. The van der Waals surface area contributed by atoms with Gasteiger partial charge in [0.25, 0.3) is 5.91 Å². The molecule has 0 aliphatic heterocycles. The second-order valence-corrected chi connectivity index (χ2v) is 5.26. The Labute approximate surface area is 137 Å². The van der Waals surface area contributed by atoms with E-state index in [0.29, 0.717) is 5.69 Å². The zero-order chi connectivity index (χ0) is 16.1. The Morgan fingerprint density at radius 3 is 2.73 bits per heavy atom. The molecule has 0 radical (unpaired) electrons. The van der Waals surface area contributed by atoms with Crippen molar-refractivity contribution in [3.8, 4) is 0 Å². The lowest BCUT2D eigenvalue weighted by molar-refractivity contribution is -0.119. The summed E-state index contributed by atoms with van der Waals surface area (Å²) < 4.78 is 4.89. The summed E-state index contributed by atoms with van der Waals surface area (Å²) in [7, 11) is 0. The van der Waals surface area contributed by atoms with Gasteiger partial charge in [0, 0.05) is 11.9 Å². The first-order valence-electron chi connectivity index (χ1n) is 6.30. The lowest BCUT2D eigenvalue weighted by atomic mass is 10.2. The van der Waals surface area contributed by atoms with Crippen molar-refractivity contribution >= 4 is 40.8 Å². The fourth-order valence-electron chi connectivity index (χ4n) is 1.67. The van der Waals surface area contributed by atoms with Crippen LogP contribution in [-0.4, -0.2) is 23.5 Å². The summed E-state index contributed by atoms with van der Waals surface area (Å²) in [5, 5.41) is 2.86. The molecule has 0 bridgehead atoms. The Kier molecular flexibility index (Phi) is 5.35. The molecule has 5 nitrogen and oxygen atoms in total. The van der Waals surface area contributed by atoms with Crippen molar-refractivity contribution in [1.82, 2.24) is 4.98 Å². The molecular formula is C15H12Cl2N2O3. The van der Waals surface area contributed by atoms with Gasteiger partial charge in [0.15, 0.2) is 6.61 Å². The summed E-state index contributed by atoms with van der Waals surface area (Å²) in [5.41, 5.74) is 1.77. The molecule has 114 valence electrons. The highest BCUT2D eigenvalue weighted by Gasteiger charge is 2.12.